The van der Waals surface area contributed by atoms with Crippen molar-refractivity contribution in [1.29, 1.82) is 0 Å². The van der Waals surface area contributed by atoms with Gasteiger partial charge in [0, 0.05) is 41.9 Å². The fourth-order valence-electron chi connectivity index (χ4n) is 6.72. The highest BCUT2D eigenvalue weighted by Gasteiger charge is 2.26. The fourth-order valence-corrected chi connectivity index (χ4v) is 7.96. The average Bonchev–Trinajstić information content (AvgIpc) is 3.58. The maximum Gasteiger partial charge on any atom is 0.235 e. The molecule has 0 unspecified atom stereocenters. The van der Waals surface area contributed by atoms with E-state index in [1.165, 1.54) is 41.7 Å². The van der Waals surface area contributed by atoms with Crippen LogP contribution in [0.2, 0.25) is 0 Å². The fraction of sp³-hybridized carbons (Fsp3) is 0. The van der Waals surface area contributed by atoms with Gasteiger partial charge in [0.05, 0.1) is 27.6 Å². The van der Waals surface area contributed by atoms with Gasteiger partial charge in [-0.15, -0.1) is 11.3 Å². The first kappa shape index (κ1) is 21.5. The second-order valence-corrected chi connectivity index (χ2v) is 11.6. The predicted octanol–water partition coefficient (Wildman–Crippen LogP) is 10.0. The molecule has 0 bridgehead atoms. The zero-order chi connectivity index (χ0) is 26.7. The van der Waals surface area contributed by atoms with Crippen LogP contribution in [-0.2, 0) is 0 Å². The maximum absolute atomic E-state index is 6.28. The summed E-state index contributed by atoms with van der Waals surface area (Å²) in [6, 6.07) is 40.4. The SMILES string of the molecule is c1ccc2c(c1)Oc1cccc3nc(-n4c5ccccc5c5c6ccccc6c6sc7ccccc7c6c54)nc-2c13. The van der Waals surface area contributed by atoms with E-state index in [0.29, 0.717) is 5.95 Å². The summed E-state index contributed by atoms with van der Waals surface area (Å²) in [7, 11) is 0. The van der Waals surface area contributed by atoms with Crippen LogP contribution in [0.5, 0.6) is 11.5 Å². The van der Waals surface area contributed by atoms with Crippen molar-refractivity contribution in [2.24, 2.45) is 0 Å². The summed E-state index contributed by atoms with van der Waals surface area (Å²) < 4.78 is 11.1. The zero-order valence-corrected chi connectivity index (χ0v) is 22.4. The summed E-state index contributed by atoms with van der Waals surface area (Å²) in [5, 5.41) is 8.44. The second-order valence-electron chi connectivity index (χ2n) is 10.5. The Morgan fingerprint density at radius 1 is 0.561 bits per heavy atom. The van der Waals surface area contributed by atoms with E-state index in [1.807, 2.05) is 41.7 Å². The first-order valence-corrected chi connectivity index (χ1v) is 14.5. The van der Waals surface area contributed by atoms with Crippen molar-refractivity contribution in [3.63, 3.8) is 0 Å². The molecule has 9 aromatic rings. The summed E-state index contributed by atoms with van der Waals surface area (Å²) in [6.45, 7) is 0. The largest absolute Gasteiger partial charge is 0.456 e. The maximum atomic E-state index is 6.28. The topological polar surface area (TPSA) is 39.9 Å². The van der Waals surface area contributed by atoms with Crippen LogP contribution in [-0.4, -0.2) is 14.5 Å². The number of rotatable bonds is 1. The van der Waals surface area contributed by atoms with Crippen LogP contribution in [0.4, 0.5) is 0 Å². The average molecular weight is 542 g/mol. The molecular formula is C36H19N3OS. The standard InChI is InChI=1S/C36H19N3OS/c1-2-11-21-20(10-1)30-22-12-3-6-16-26(22)39(34(30)31-24-14-5-8-19-29(24)41-35(21)31)36-37-25-15-9-18-28-32(25)33(38-36)23-13-4-7-17-27(23)40-28/h1-19H. The molecule has 0 amide bonds. The van der Waals surface area contributed by atoms with E-state index in [9.17, 15) is 0 Å². The Balaban J connectivity index is 1.47. The van der Waals surface area contributed by atoms with Gasteiger partial charge in [0.1, 0.15) is 11.5 Å². The van der Waals surface area contributed by atoms with Crippen LogP contribution in [0.25, 0.3) is 80.9 Å². The molecular weight excluding hydrogens is 522 g/mol. The van der Waals surface area contributed by atoms with Crippen molar-refractivity contribution in [3.05, 3.63) is 115 Å². The highest BCUT2D eigenvalue weighted by molar-refractivity contribution is 7.27. The third-order valence-electron chi connectivity index (χ3n) is 8.38. The van der Waals surface area contributed by atoms with E-state index in [1.54, 1.807) is 0 Å². The molecule has 4 nitrogen and oxygen atoms in total. The minimum Gasteiger partial charge on any atom is -0.456 e. The Kier molecular flexibility index (Phi) is 4.04. The summed E-state index contributed by atoms with van der Waals surface area (Å²) in [5.41, 5.74) is 5.01. The Morgan fingerprint density at radius 3 is 2.22 bits per heavy atom. The predicted molar refractivity (Wildman–Crippen MR) is 170 cm³/mol. The van der Waals surface area contributed by atoms with Crippen molar-refractivity contribution in [2.45, 2.75) is 0 Å². The van der Waals surface area contributed by atoms with E-state index in [4.69, 9.17) is 14.7 Å². The normalized spacial score (nSPS) is 12.6. The Bertz CT molecular complexity index is 2580. The van der Waals surface area contributed by atoms with E-state index >= 15 is 0 Å². The Labute approximate surface area is 237 Å². The third-order valence-corrected chi connectivity index (χ3v) is 9.59. The molecule has 6 aromatic carbocycles. The Hall–Kier alpha value is -5.26. The molecule has 3 aromatic heterocycles. The molecule has 0 N–H and O–H groups in total. The van der Waals surface area contributed by atoms with Crippen molar-refractivity contribution in [1.82, 2.24) is 14.5 Å². The lowest BCUT2D eigenvalue weighted by Gasteiger charge is -2.21. The lowest BCUT2D eigenvalue weighted by Crippen LogP contribution is -2.06. The van der Waals surface area contributed by atoms with Crippen molar-refractivity contribution >= 4 is 75.0 Å². The van der Waals surface area contributed by atoms with E-state index in [0.717, 1.165) is 44.7 Å². The zero-order valence-electron chi connectivity index (χ0n) is 21.6. The molecule has 0 aliphatic carbocycles. The van der Waals surface area contributed by atoms with Crippen LogP contribution in [0.1, 0.15) is 0 Å². The first-order valence-electron chi connectivity index (χ1n) is 13.7. The van der Waals surface area contributed by atoms with Gasteiger partial charge in [0.2, 0.25) is 5.95 Å². The molecule has 0 radical (unpaired) electrons. The summed E-state index contributed by atoms with van der Waals surface area (Å²) in [4.78, 5) is 10.6. The molecule has 0 fully saturated rings. The van der Waals surface area contributed by atoms with Gasteiger partial charge in [-0.3, -0.25) is 4.57 Å². The van der Waals surface area contributed by atoms with Gasteiger partial charge in [0.15, 0.2) is 0 Å². The number of fused-ring (bicyclic) bond motifs is 12. The van der Waals surface area contributed by atoms with Crippen molar-refractivity contribution in [3.8, 4) is 28.7 Å². The van der Waals surface area contributed by atoms with Crippen LogP contribution in [0.15, 0.2) is 115 Å². The summed E-state index contributed by atoms with van der Waals surface area (Å²) in [5.74, 6) is 2.28. The molecule has 5 heteroatoms. The van der Waals surface area contributed by atoms with E-state index in [-0.39, 0.29) is 0 Å². The van der Waals surface area contributed by atoms with Gasteiger partial charge in [-0.05, 0) is 41.8 Å². The number of aromatic nitrogens is 3. The number of thiophene rings is 1. The minimum atomic E-state index is 0.666. The number of hydrogen-bond acceptors (Lipinski definition) is 4. The molecule has 0 atom stereocenters. The van der Waals surface area contributed by atoms with Gasteiger partial charge < -0.3 is 4.74 Å². The molecule has 4 heterocycles. The highest BCUT2D eigenvalue weighted by atomic mass is 32.1. The van der Waals surface area contributed by atoms with E-state index < -0.39 is 0 Å². The second kappa shape index (κ2) is 7.68. The van der Waals surface area contributed by atoms with Gasteiger partial charge in [-0.2, -0.15) is 0 Å². The number of nitrogens with zero attached hydrogens (tertiary/aromatic N) is 3. The number of para-hydroxylation sites is 2. The lowest BCUT2D eigenvalue weighted by atomic mass is 10.00. The quantitative estimate of drug-likeness (QED) is 0.208. The van der Waals surface area contributed by atoms with Crippen LogP contribution < -0.4 is 4.74 Å². The molecule has 0 saturated heterocycles. The summed E-state index contributed by atoms with van der Waals surface area (Å²) in [6.07, 6.45) is 0. The van der Waals surface area contributed by atoms with Crippen molar-refractivity contribution < 1.29 is 4.74 Å². The molecule has 1 aliphatic heterocycles. The molecule has 41 heavy (non-hydrogen) atoms. The van der Waals surface area contributed by atoms with Crippen molar-refractivity contribution in [2.75, 3.05) is 0 Å². The third kappa shape index (κ3) is 2.73. The van der Waals surface area contributed by atoms with Crippen LogP contribution >= 0.6 is 11.3 Å². The van der Waals surface area contributed by atoms with Crippen LogP contribution in [0, 0.1) is 0 Å². The highest BCUT2D eigenvalue weighted by Crippen LogP contribution is 2.49. The molecule has 0 saturated carbocycles. The van der Waals surface area contributed by atoms with Gasteiger partial charge >= 0.3 is 0 Å². The minimum absolute atomic E-state index is 0.666. The number of hydrogen-bond donors (Lipinski definition) is 0. The molecule has 0 spiro atoms. The Morgan fingerprint density at radius 2 is 1.29 bits per heavy atom. The van der Waals surface area contributed by atoms with E-state index in [2.05, 4.69) is 89.5 Å². The molecule has 1 aliphatic rings. The number of ether oxygens (including phenoxy) is 1. The first-order chi connectivity index (χ1) is 20.3. The molecule has 190 valence electrons. The smallest absolute Gasteiger partial charge is 0.235 e. The van der Waals surface area contributed by atoms with Gasteiger partial charge in [-0.1, -0.05) is 78.9 Å². The monoisotopic (exact) mass is 541 g/mol. The number of benzene rings is 6. The van der Waals surface area contributed by atoms with Gasteiger partial charge in [0.25, 0.3) is 0 Å². The van der Waals surface area contributed by atoms with Crippen LogP contribution in [0.3, 0.4) is 0 Å². The summed E-state index contributed by atoms with van der Waals surface area (Å²) >= 11 is 1.86. The lowest BCUT2D eigenvalue weighted by molar-refractivity contribution is 0.486. The molecule has 10 rings (SSSR count). The van der Waals surface area contributed by atoms with Gasteiger partial charge in [-0.25, -0.2) is 9.97 Å².